The first-order chi connectivity index (χ1) is 16.7. The fourth-order valence-electron chi connectivity index (χ4n) is 3.01. The van der Waals surface area contributed by atoms with Gasteiger partial charge in [0.25, 0.3) is 0 Å². The highest BCUT2D eigenvalue weighted by atomic mass is 16.6. The molecule has 0 unspecified atom stereocenters. The van der Waals surface area contributed by atoms with Gasteiger partial charge >= 0.3 is 5.97 Å². The van der Waals surface area contributed by atoms with Crippen LogP contribution in [0.3, 0.4) is 0 Å². The number of rotatable bonds is 12. The van der Waals surface area contributed by atoms with Crippen molar-refractivity contribution >= 4 is 28.7 Å². The summed E-state index contributed by atoms with van der Waals surface area (Å²) in [4.78, 5) is 12.0. The number of nitrogens with zero attached hydrogens (tertiary/aromatic N) is 4. The fraction of sp³-hybridized carbons (Fsp3) is 0.296. The molecule has 0 N–H and O–H groups in total. The standard InChI is InChI=1S/C27H30N4O3/c1-3-5-6-21-7-11-23(12-8-21)28-30-25-15-17-26(18-16-25)31-29-24-13-9-22(10-14-24)27(32)34-20-19-33-4-2/h7-18H,3-6,19-20H2,1-2H3. The van der Waals surface area contributed by atoms with E-state index < -0.39 is 0 Å². The van der Waals surface area contributed by atoms with Gasteiger partial charge in [0, 0.05) is 6.61 Å². The van der Waals surface area contributed by atoms with Gasteiger partial charge in [0.2, 0.25) is 0 Å². The predicted molar refractivity (Wildman–Crippen MR) is 133 cm³/mol. The Morgan fingerprint density at radius 1 is 0.676 bits per heavy atom. The monoisotopic (exact) mass is 458 g/mol. The third-order valence-corrected chi connectivity index (χ3v) is 4.93. The van der Waals surface area contributed by atoms with Crippen LogP contribution >= 0.6 is 0 Å². The molecule has 3 aromatic carbocycles. The van der Waals surface area contributed by atoms with E-state index in [9.17, 15) is 4.79 Å². The molecule has 0 aliphatic rings. The Balaban J connectivity index is 1.51. The first-order valence-corrected chi connectivity index (χ1v) is 11.6. The Labute approximate surface area is 200 Å². The molecule has 176 valence electrons. The molecule has 0 radical (unpaired) electrons. The molecule has 0 saturated carbocycles. The van der Waals surface area contributed by atoms with E-state index in [2.05, 4.69) is 39.5 Å². The molecule has 0 spiro atoms. The smallest absolute Gasteiger partial charge is 0.338 e. The fourth-order valence-corrected chi connectivity index (χ4v) is 3.01. The lowest BCUT2D eigenvalue weighted by atomic mass is 10.1. The van der Waals surface area contributed by atoms with Crippen LogP contribution in [-0.2, 0) is 15.9 Å². The minimum atomic E-state index is -0.389. The third kappa shape index (κ3) is 8.33. The molecular formula is C27H30N4O3. The SMILES string of the molecule is CCCCc1ccc(N=Nc2ccc(N=Nc3ccc(C(=O)OCCOCC)cc3)cc2)cc1. The van der Waals surface area contributed by atoms with E-state index in [1.807, 2.05) is 43.3 Å². The van der Waals surface area contributed by atoms with Crippen LogP contribution in [0.2, 0.25) is 0 Å². The molecule has 0 aliphatic carbocycles. The molecule has 3 aromatic rings. The second-order valence-electron chi connectivity index (χ2n) is 7.57. The van der Waals surface area contributed by atoms with E-state index in [1.54, 1.807) is 24.3 Å². The van der Waals surface area contributed by atoms with Crippen molar-refractivity contribution in [2.45, 2.75) is 33.1 Å². The Kier molecular flexibility index (Phi) is 10.1. The molecule has 0 fully saturated rings. The molecule has 0 saturated heterocycles. The molecule has 0 bridgehead atoms. The number of carbonyl (C=O) groups is 1. The van der Waals surface area contributed by atoms with Gasteiger partial charge in [0.15, 0.2) is 0 Å². The van der Waals surface area contributed by atoms with Crippen LogP contribution < -0.4 is 0 Å². The molecule has 0 amide bonds. The minimum absolute atomic E-state index is 0.231. The zero-order valence-corrected chi connectivity index (χ0v) is 19.7. The van der Waals surface area contributed by atoms with E-state index in [1.165, 1.54) is 18.4 Å². The summed E-state index contributed by atoms with van der Waals surface area (Å²) in [7, 11) is 0. The Hall–Kier alpha value is -3.71. The average molecular weight is 459 g/mol. The van der Waals surface area contributed by atoms with Gasteiger partial charge in [-0.2, -0.15) is 20.5 Å². The molecule has 0 aliphatic heterocycles. The van der Waals surface area contributed by atoms with Crippen LogP contribution in [-0.4, -0.2) is 25.8 Å². The molecule has 7 nitrogen and oxygen atoms in total. The molecule has 3 rings (SSSR count). The topological polar surface area (TPSA) is 85.0 Å². The number of aryl methyl sites for hydroxylation is 1. The van der Waals surface area contributed by atoms with Crippen LogP contribution in [0.25, 0.3) is 0 Å². The quantitative estimate of drug-likeness (QED) is 0.156. The van der Waals surface area contributed by atoms with Gasteiger partial charge < -0.3 is 9.47 Å². The van der Waals surface area contributed by atoms with Crippen molar-refractivity contribution in [1.82, 2.24) is 0 Å². The first-order valence-electron chi connectivity index (χ1n) is 11.6. The van der Waals surface area contributed by atoms with Crippen LogP contribution in [0.15, 0.2) is 93.3 Å². The highest BCUT2D eigenvalue weighted by molar-refractivity contribution is 5.89. The summed E-state index contributed by atoms with van der Waals surface area (Å²) < 4.78 is 10.3. The molecule has 0 heterocycles. The molecule has 0 aromatic heterocycles. The van der Waals surface area contributed by atoms with Gasteiger partial charge in [-0.1, -0.05) is 25.5 Å². The van der Waals surface area contributed by atoms with Crippen LogP contribution in [0, 0.1) is 0 Å². The van der Waals surface area contributed by atoms with Crippen molar-refractivity contribution in [1.29, 1.82) is 0 Å². The number of esters is 1. The van der Waals surface area contributed by atoms with E-state index in [0.717, 1.165) is 17.8 Å². The van der Waals surface area contributed by atoms with Crippen LogP contribution in [0.4, 0.5) is 22.7 Å². The summed E-state index contributed by atoms with van der Waals surface area (Å²) in [6, 6.07) is 22.3. The number of benzene rings is 3. The predicted octanol–water partition coefficient (Wildman–Crippen LogP) is 8.05. The zero-order valence-electron chi connectivity index (χ0n) is 19.7. The van der Waals surface area contributed by atoms with Gasteiger partial charge in [0.1, 0.15) is 6.61 Å². The normalized spacial score (nSPS) is 11.4. The maximum absolute atomic E-state index is 12.0. The molecule has 0 atom stereocenters. The van der Waals surface area contributed by atoms with Gasteiger partial charge in [0.05, 0.1) is 34.9 Å². The third-order valence-electron chi connectivity index (χ3n) is 4.93. The van der Waals surface area contributed by atoms with Crippen molar-refractivity contribution in [3.63, 3.8) is 0 Å². The van der Waals surface area contributed by atoms with Gasteiger partial charge in [-0.25, -0.2) is 4.79 Å². The summed E-state index contributed by atoms with van der Waals surface area (Å²) in [6.07, 6.45) is 3.48. The van der Waals surface area contributed by atoms with Crippen LogP contribution in [0.1, 0.15) is 42.6 Å². The van der Waals surface area contributed by atoms with Crippen molar-refractivity contribution in [2.24, 2.45) is 20.5 Å². The number of azo groups is 2. The van der Waals surface area contributed by atoms with E-state index in [4.69, 9.17) is 9.47 Å². The Bertz CT molecular complexity index is 1080. The van der Waals surface area contributed by atoms with E-state index in [-0.39, 0.29) is 12.6 Å². The number of ether oxygens (including phenoxy) is 2. The lowest BCUT2D eigenvalue weighted by Gasteiger charge is -2.04. The zero-order chi connectivity index (χ0) is 24.0. The number of unbranched alkanes of at least 4 members (excludes halogenated alkanes) is 1. The molecule has 34 heavy (non-hydrogen) atoms. The van der Waals surface area contributed by atoms with Crippen molar-refractivity contribution in [2.75, 3.05) is 19.8 Å². The van der Waals surface area contributed by atoms with Crippen molar-refractivity contribution in [3.8, 4) is 0 Å². The second-order valence-corrected chi connectivity index (χ2v) is 7.57. The maximum Gasteiger partial charge on any atom is 0.338 e. The Morgan fingerprint density at radius 2 is 1.15 bits per heavy atom. The van der Waals surface area contributed by atoms with E-state index >= 15 is 0 Å². The van der Waals surface area contributed by atoms with Gasteiger partial charge in [-0.15, -0.1) is 0 Å². The number of hydrogen-bond donors (Lipinski definition) is 0. The minimum Gasteiger partial charge on any atom is -0.460 e. The second kappa shape index (κ2) is 13.7. The highest BCUT2D eigenvalue weighted by Gasteiger charge is 2.06. The molecule has 7 heteroatoms. The van der Waals surface area contributed by atoms with Crippen molar-refractivity contribution in [3.05, 3.63) is 83.9 Å². The largest absolute Gasteiger partial charge is 0.460 e. The van der Waals surface area contributed by atoms with Gasteiger partial charge in [-0.3, -0.25) is 0 Å². The maximum atomic E-state index is 12.0. The highest BCUT2D eigenvalue weighted by Crippen LogP contribution is 2.24. The summed E-state index contributed by atoms with van der Waals surface area (Å²) in [5, 5.41) is 17.0. The number of carbonyl (C=O) groups excluding carboxylic acids is 1. The summed E-state index contributed by atoms with van der Waals surface area (Å²) in [5.41, 5.74) is 4.67. The summed E-state index contributed by atoms with van der Waals surface area (Å²) in [6.45, 7) is 5.30. The summed E-state index contributed by atoms with van der Waals surface area (Å²) in [5.74, 6) is -0.389. The van der Waals surface area contributed by atoms with Crippen molar-refractivity contribution < 1.29 is 14.3 Å². The Morgan fingerprint density at radius 3 is 1.62 bits per heavy atom. The average Bonchev–Trinajstić information content (AvgIpc) is 2.89. The first kappa shape index (κ1) is 24.9. The van der Waals surface area contributed by atoms with Gasteiger partial charge in [-0.05, 0) is 86.0 Å². The van der Waals surface area contributed by atoms with E-state index in [0.29, 0.717) is 30.2 Å². The lowest BCUT2D eigenvalue weighted by Crippen LogP contribution is -2.10. The number of hydrogen-bond acceptors (Lipinski definition) is 7. The summed E-state index contributed by atoms with van der Waals surface area (Å²) >= 11 is 0. The lowest BCUT2D eigenvalue weighted by molar-refractivity contribution is 0.0335. The van der Waals surface area contributed by atoms with Crippen LogP contribution in [0.5, 0.6) is 0 Å². The molecular weight excluding hydrogens is 428 g/mol.